The number of carbonyl (C=O) groups is 2. The molecule has 0 spiro atoms. The molecule has 126 valence electrons. The summed E-state index contributed by atoms with van der Waals surface area (Å²) in [5.74, 6) is 0.167. The van der Waals surface area contributed by atoms with Gasteiger partial charge in [-0.3, -0.25) is 4.79 Å². The molecule has 0 atom stereocenters. The first-order valence-corrected chi connectivity index (χ1v) is 8.44. The first-order valence-electron chi connectivity index (χ1n) is 8.44. The van der Waals surface area contributed by atoms with Gasteiger partial charge in [0.15, 0.2) is 0 Å². The fourth-order valence-electron chi connectivity index (χ4n) is 2.96. The Morgan fingerprint density at radius 1 is 1.22 bits per heavy atom. The van der Waals surface area contributed by atoms with Crippen LogP contribution in [0, 0.1) is 5.92 Å². The van der Waals surface area contributed by atoms with Gasteiger partial charge in [0.25, 0.3) is 0 Å². The second-order valence-electron chi connectivity index (χ2n) is 6.28. The van der Waals surface area contributed by atoms with Crippen LogP contribution in [-0.2, 0) is 4.79 Å². The van der Waals surface area contributed by atoms with E-state index >= 15 is 0 Å². The minimum Gasteiger partial charge on any atom is -0.336 e. The predicted octanol–water partition coefficient (Wildman–Crippen LogP) is 2.87. The number of hydrogen-bond donors (Lipinski definition) is 1. The van der Waals surface area contributed by atoms with Crippen molar-refractivity contribution in [3.63, 3.8) is 0 Å². The number of carbonyl (C=O) groups excluding carboxylic acids is 2. The average Bonchev–Trinajstić information content (AvgIpc) is 2.56. The minimum absolute atomic E-state index is 0.00161. The van der Waals surface area contributed by atoms with Crippen molar-refractivity contribution in [3.8, 4) is 0 Å². The zero-order valence-electron chi connectivity index (χ0n) is 14.3. The third-order valence-electron chi connectivity index (χ3n) is 4.19. The molecule has 1 saturated heterocycles. The number of piperidine rings is 1. The van der Waals surface area contributed by atoms with E-state index in [0.717, 1.165) is 18.5 Å². The van der Waals surface area contributed by atoms with Crippen LogP contribution in [0.15, 0.2) is 30.3 Å². The highest BCUT2D eigenvalue weighted by molar-refractivity contribution is 5.95. The number of hydrogen-bond acceptors (Lipinski definition) is 2. The third kappa shape index (κ3) is 4.47. The topological polar surface area (TPSA) is 52.7 Å². The van der Waals surface area contributed by atoms with Crippen molar-refractivity contribution < 1.29 is 9.59 Å². The number of urea groups is 1. The van der Waals surface area contributed by atoms with E-state index in [1.165, 1.54) is 0 Å². The van der Waals surface area contributed by atoms with Gasteiger partial charge in [0.2, 0.25) is 5.91 Å². The highest BCUT2D eigenvalue weighted by Gasteiger charge is 2.30. The summed E-state index contributed by atoms with van der Waals surface area (Å²) in [4.78, 5) is 28.5. The second kappa shape index (κ2) is 7.99. The van der Waals surface area contributed by atoms with E-state index in [0.29, 0.717) is 19.6 Å². The maximum Gasteiger partial charge on any atom is 0.317 e. The summed E-state index contributed by atoms with van der Waals surface area (Å²) in [6.07, 6.45) is 1.46. The van der Waals surface area contributed by atoms with E-state index < -0.39 is 0 Å². The molecule has 0 aromatic heterocycles. The van der Waals surface area contributed by atoms with Crippen LogP contribution in [0.3, 0.4) is 0 Å². The molecule has 0 unspecified atom stereocenters. The number of para-hydroxylation sites is 1. The van der Waals surface area contributed by atoms with Crippen LogP contribution < -0.4 is 10.2 Å². The van der Waals surface area contributed by atoms with Crippen LogP contribution in [0.25, 0.3) is 0 Å². The number of amides is 3. The van der Waals surface area contributed by atoms with Crippen molar-refractivity contribution in [1.82, 2.24) is 10.2 Å². The molecule has 5 heteroatoms. The van der Waals surface area contributed by atoms with Gasteiger partial charge in [-0.25, -0.2) is 4.79 Å². The first kappa shape index (κ1) is 17.3. The number of benzene rings is 1. The molecule has 1 fully saturated rings. The van der Waals surface area contributed by atoms with E-state index in [1.54, 1.807) is 0 Å². The van der Waals surface area contributed by atoms with E-state index in [1.807, 2.05) is 60.9 Å². The molecule has 1 aromatic carbocycles. The standard InChI is InChI=1S/C18H27N3O2/c1-4-21(16-8-6-5-7-9-16)17(22)15-10-12-20(13-11-15)18(23)19-14(2)3/h5-9,14-15H,4,10-13H2,1-3H3,(H,19,23). The van der Waals surface area contributed by atoms with Crippen molar-refractivity contribution in [2.75, 3.05) is 24.5 Å². The number of likely N-dealkylation sites (tertiary alicyclic amines) is 1. The fourth-order valence-corrected chi connectivity index (χ4v) is 2.96. The van der Waals surface area contributed by atoms with Gasteiger partial charge in [-0.2, -0.15) is 0 Å². The lowest BCUT2D eigenvalue weighted by atomic mass is 9.95. The lowest BCUT2D eigenvalue weighted by Crippen LogP contribution is -2.49. The van der Waals surface area contributed by atoms with Gasteiger partial charge in [0.1, 0.15) is 0 Å². The molecule has 0 aliphatic carbocycles. The summed E-state index contributed by atoms with van der Waals surface area (Å²) < 4.78 is 0. The van der Waals surface area contributed by atoms with Crippen LogP contribution in [-0.4, -0.2) is 42.5 Å². The third-order valence-corrected chi connectivity index (χ3v) is 4.19. The number of rotatable bonds is 4. The second-order valence-corrected chi connectivity index (χ2v) is 6.28. The Morgan fingerprint density at radius 2 is 1.83 bits per heavy atom. The highest BCUT2D eigenvalue weighted by atomic mass is 16.2. The lowest BCUT2D eigenvalue weighted by molar-refractivity contribution is -0.123. The Balaban J connectivity index is 1.94. The predicted molar refractivity (Wildman–Crippen MR) is 92.4 cm³/mol. The Morgan fingerprint density at radius 3 is 2.35 bits per heavy atom. The smallest absolute Gasteiger partial charge is 0.317 e. The summed E-state index contributed by atoms with van der Waals surface area (Å²) >= 11 is 0. The van der Waals surface area contributed by atoms with Crippen LogP contribution in [0.5, 0.6) is 0 Å². The fraction of sp³-hybridized carbons (Fsp3) is 0.556. The highest BCUT2D eigenvalue weighted by Crippen LogP contribution is 2.23. The van der Waals surface area contributed by atoms with Crippen LogP contribution in [0.4, 0.5) is 10.5 Å². The van der Waals surface area contributed by atoms with Crippen LogP contribution in [0.1, 0.15) is 33.6 Å². The number of nitrogens with zero attached hydrogens (tertiary/aromatic N) is 2. The Hall–Kier alpha value is -2.04. The van der Waals surface area contributed by atoms with E-state index in [4.69, 9.17) is 0 Å². The summed E-state index contributed by atoms with van der Waals surface area (Å²) in [7, 11) is 0. The zero-order valence-corrected chi connectivity index (χ0v) is 14.3. The van der Waals surface area contributed by atoms with Gasteiger partial charge in [0.05, 0.1) is 0 Å². The molecule has 1 aliphatic heterocycles. The minimum atomic E-state index is -0.0266. The van der Waals surface area contributed by atoms with Gasteiger partial charge in [-0.15, -0.1) is 0 Å². The summed E-state index contributed by atoms with van der Waals surface area (Å²) in [5.41, 5.74) is 0.944. The van der Waals surface area contributed by atoms with Gasteiger partial charge >= 0.3 is 6.03 Å². The molecule has 0 radical (unpaired) electrons. The molecular formula is C18H27N3O2. The Labute approximate surface area is 138 Å². The first-order chi connectivity index (χ1) is 11.0. The Kier molecular flexibility index (Phi) is 6.02. The normalized spacial score (nSPS) is 15.6. The molecule has 0 bridgehead atoms. The molecule has 3 amide bonds. The maximum atomic E-state index is 12.8. The Bertz CT molecular complexity index is 522. The SMILES string of the molecule is CCN(C(=O)C1CCN(C(=O)NC(C)C)CC1)c1ccccc1. The molecule has 1 aliphatic rings. The summed E-state index contributed by atoms with van der Waals surface area (Å²) in [6.45, 7) is 7.84. The van der Waals surface area contributed by atoms with E-state index in [9.17, 15) is 9.59 Å². The van der Waals surface area contributed by atoms with Crippen LogP contribution >= 0.6 is 0 Å². The molecule has 23 heavy (non-hydrogen) atoms. The number of anilines is 1. The average molecular weight is 317 g/mol. The van der Waals surface area contributed by atoms with Crippen molar-refractivity contribution in [2.45, 2.75) is 39.7 Å². The molecule has 5 nitrogen and oxygen atoms in total. The van der Waals surface area contributed by atoms with Crippen molar-refractivity contribution >= 4 is 17.6 Å². The summed E-state index contributed by atoms with van der Waals surface area (Å²) in [5, 5.41) is 2.91. The van der Waals surface area contributed by atoms with Crippen molar-refractivity contribution in [1.29, 1.82) is 0 Å². The van der Waals surface area contributed by atoms with Crippen molar-refractivity contribution in [3.05, 3.63) is 30.3 Å². The molecule has 2 rings (SSSR count). The molecule has 0 saturated carbocycles. The van der Waals surface area contributed by atoms with Gasteiger partial charge < -0.3 is 15.1 Å². The van der Waals surface area contributed by atoms with Gasteiger partial charge in [0, 0.05) is 37.3 Å². The maximum absolute atomic E-state index is 12.8. The quantitative estimate of drug-likeness (QED) is 0.928. The van der Waals surface area contributed by atoms with Crippen LogP contribution in [0.2, 0.25) is 0 Å². The number of nitrogens with one attached hydrogen (secondary N) is 1. The van der Waals surface area contributed by atoms with E-state index in [-0.39, 0.29) is 23.9 Å². The van der Waals surface area contributed by atoms with Crippen molar-refractivity contribution in [2.24, 2.45) is 5.92 Å². The molecule has 1 aromatic rings. The summed E-state index contributed by atoms with van der Waals surface area (Å²) in [6, 6.07) is 9.89. The van der Waals surface area contributed by atoms with Gasteiger partial charge in [-0.1, -0.05) is 18.2 Å². The molecule has 1 N–H and O–H groups in total. The van der Waals surface area contributed by atoms with Gasteiger partial charge in [-0.05, 0) is 45.7 Å². The molecule has 1 heterocycles. The van der Waals surface area contributed by atoms with E-state index in [2.05, 4.69) is 5.32 Å². The largest absolute Gasteiger partial charge is 0.336 e. The monoisotopic (exact) mass is 317 g/mol. The zero-order chi connectivity index (χ0) is 16.8. The molecular weight excluding hydrogens is 290 g/mol. The lowest BCUT2D eigenvalue weighted by Gasteiger charge is -2.34.